The molecule has 4 rings (SSSR count). The summed E-state index contributed by atoms with van der Waals surface area (Å²) in [6.45, 7) is 8.53. The molecule has 1 heterocycles. The molecule has 0 bridgehead atoms. The Morgan fingerprint density at radius 1 is 0.543 bits per heavy atom. The summed E-state index contributed by atoms with van der Waals surface area (Å²) in [6.07, 6.45) is 0. The highest BCUT2D eigenvalue weighted by atomic mass is 16.7. The Kier molecular flexibility index (Phi) is 6.50. The number of hydrogen-bond donors (Lipinski definition) is 0. The predicted octanol–water partition coefficient (Wildman–Crippen LogP) is -12.6. The van der Waals surface area contributed by atoms with Crippen molar-refractivity contribution in [2.24, 2.45) is 0 Å². The van der Waals surface area contributed by atoms with E-state index in [1.165, 1.54) is 82.0 Å². The normalized spacial score (nSPS) is 16.7. The van der Waals surface area contributed by atoms with Crippen molar-refractivity contribution in [2.75, 3.05) is 0 Å². The van der Waals surface area contributed by atoms with Gasteiger partial charge < -0.3 is 9.31 Å². The van der Waals surface area contributed by atoms with E-state index < -0.39 is 0 Å². The minimum Gasteiger partial charge on any atom is -0.399 e. The van der Waals surface area contributed by atoms with Gasteiger partial charge in [0.25, 0.3) is 0 Å². The number of fused-ring (bicyclic) bond motifs is 1. The third kappa shape index (κ3) is 3.79. The lowest BCUT2D eigenvalue weighted by Crippen LogP contribution is -2.58. The Morgan fingerprint density at radius 2 is 0.971 bits per heavy atom. The Hall–Kier alpha value is -1.45. The van der Waals surface area contributed by atoms with E-state index in [9.17, 15) is 0 Å². The van der Waals surface area contributed by atoms with Crippen LogP contribution in [0.2, 0.25) is 0 Å². The van der Waals surface area contributed by atoms with Gasteiger partial charge in [0, 0.05) is 0 Å². The zero-order valence-electron chi connectivity index (χ0n) is 24.5. The first-order valence-electron chi connectivity index (χ1n) is 13.0. The third-order valence-electron chi connectivity index (χ3n) is 9.74. The minimum absolute atomic E-state index is 0.369. The summed E-state index contributed by atoms with van der Waals surface area (Å²) in [7, 11) is 22.3. The second-order valence-corrected chi connectivity index (χ2v) is 12.0. The Balaban J connectivity index is 2.14. The van der Waals surface area contributed by atoms with Gasteiger partial charge in [-0.05, 0) is 55.1 Å². The zero-order valence-corrected chi connectivity index (χ0v) is 24.5. The van der Waals surface area contributed by atoms with Crippen LogP contribution >= 0.6 is 0 Å². The molecule has 0 spiro atoms. The van der Waals surface area contributed by atoms with Crippen molar-refractivity contribution in [1.29, 1.82) is 0 Å². The monoisotopic (exact) mass is 450 g/mol. The molecule has 2 nitrogen and oxygen atoms in total. The number of benzene rings is 3. The lowest BCUT2D eigenvalue weighted by molar-refractivity contribution is 0.00578. The van der Waals surface area contributed by atoms with Gasteiger partial charge >= 0.3 is 7.12 Å². The van der Waals surface area contributed by atoms with Crippen molar-refractivity contribution < 1.29 is 9.31 Å². The summed E-state index contributed by atoms with van der Waals surface area (Å²) < 4.78 is 13.1. The summed E-state index contributed by atoms with van der Waals surface area (Å²) in [5.41, 5.74) is 16.6. The van der Waals surface area contributed by atoms with Crippen LogP contribution in [0.25, 0.3) is 21.9 Å². The quantitative estimate of drug-likeness (QED) is 0.363. The fourth-order valence-electron chi connectivity index (χ4n) is 5.92. The summed E-state index contributed by atoms with van der Waals surface area (Å²) in [5.74, 6) is 0. The summed E-state index contributed by atoms with van der Waals surface area (Å²) in [5, 5.41) is 2.82. The van der Waals surface area contributed by atoms with E-state index in [1.54, 1.807) is 0 Å². The summed E-state index contributed by atoms with van der Waals surface area (Å²) in [4.78, 5) is 0. The standard InChI is InChI=1S/C22H33B11O2/c1-21(2)22(3,4)35-33(34-21)20-11(24)6(5-7(23)12(20)25)8-9-10(15(28)17(30)13(8)26)16(29)19(32)18(31)14(9)27/h5H,23-32H2,1-4H3. The molecule has 0 aliphatic carbocycles. The van der Waals surface area contributed by atoms with Crippen LogP contribution in [0.1, 0.15) is 27.7 Å². The van der Waals surface area contributed by atoms with Gasteiger partial charge in [-0.25, -0.2) is 0 Å². The molecule has 0 saturated carbocycles. The predicted molar refractivity (Wildman–Crippen MR) is 187 cm³/mol. The van der Waals surface area contributed by atoms with E-state index in [4.69, 9.17) is 9.31 Å². The lowest BCUT2D eigenvalue weighted by atomic mass is 9.56. The molecule has 1 saturated heterocycles. The van der Waals surface area contributed by atoms with Crippen LogP contribution in [0.4, 0.5) is 0 Å². The molecular weight excluding hydrogens is 415 g/mol. The molecule has 0 unspecified atom stereocenters. The zero-order chi connectivity index (χ0) is 26.4. The molecule has 1 aliphatic rings. The largest absolute Gasteiger partial charge is 0.493 e. The molecule has 3 aromatic rings. The summed E-state index contributed by atoms with van der Waals surface area (Å²) in [6, 6.07) is 2.39. The second-order valence-electron chi connectivity index (χ2n) is 12.0. The van der Waals surface area contributed by atoms with Crippen molar-refractivity contribution in [1.82, 2.24) is 0 Å². The first kappa shape index (κ1) is 26.6. The molecule has 0 amide bonds. The highest BCUT2D eigenvalue weighted by Gasteiger charge is 2.52. The molecule has 0 aromatic heterocycles. The maximum absolute atomic E-state index is 6.57. The number of rotatable bonds is 2. The molecular formula is C22H33B11O2. The fourth-order valence-corrected chi connectivity index (χ4v) is 5.92. The first-order chi connectivity index (χ1) is 16.0. The van der Waals surface area contributed by atoms with E-state index in [0.717, 1.165) is 0 Å². The third-order valence-corrected chi connectivity index (χ3v) is 9.74. The van der Waals surface area contributed by atoms with E-state index in [2.05, 4.69) is 112 Å². The second kappa shape index (κ2) is 8.55. The fraction of sp³-hybridized carbons (Fsp3) is 0.273. The van der Waals surface area contributed by atoms with Crippen molar-refractivity contribution in [2.45, 2.75) is 38.9 Å². The molecule has 1 fully saturated rings. The van der Waals surface area contributed by atoms with Gasteiger partial charge in [0.1, 0.15) is 78.5 Å². The molecule has 166 valence electrons. The molecule has 0 atom stereocenters. The molecule has 1 aliphatic heterocycles. The average molecular weight is 448 g/mol. The van der Waals surface area contributed by atoms with Crippen molar-refractivity contribution in [3.05, 3.63) is 6.07 Å². The Labute approximate surface area is 221 Å². The number of hydrogen-bond acceptors (Lipinski definition) is 2. The van der Waals surface area contributed by atoms with Crippen LogP contribution in [-0.4, -0.2) is 96.8 Å². The van der Waals surface area contributed by atoms with Gasteiger partial charge in [0.05, 0.1) is 11.2 Å². The van der Waals surface area contributed by atoms with Crippen molar-refractivity contribution >= 4 is 156 Å². The van der Waals surface area contributed by atoms with E-state index in [-0.39, 0.29) is 18.3 Å². The summed E-state index contributed by atoms with van der Waals surface area (Å²) >= 11 is 0. The van der Waals surface area contributed by atoms with Crippen LogP contribution in [0.5, 0.6) is 0 Å². The van der Waals surface area contributed by atoms with Gasteiger partial charge in [-0.3, -0.25) is 0 Å². The van der Waals surface area contributed by atoms with Crippen LogP contribution < -0.4 is 60.1 Å². The van der Waals surface area contributed by atoms with Gasteiger partial charge in [0.2, 0.25) is 0 Å². The van der Waals surface area contributed by atoms with E-state index >= 15 is 0 Å². The van der Waals surface area contributed by atoms with Crippen molar-refractivity contribution in [3.63, 3.8) is 0 Å². The van der Waals surface area contributed by atoms with Gasteiger partial charge in [-0.2, -0.15) is 0 Å². The van der Waals surface area contributed by atoms with Crippen molar-refractivity contribution in [3.8, 4) is 11.1 Å². The van der Waals surface area contributed by atoms with Gasteiger partial charge in [-0.1, -0.05) is 44.3 Å². The van der Waals surface area contributed by atoms with E-state index in [1.807, 2.05) is 0 Å². The van der Waals surface area contributed by atoms with Crippen LogP contribution in [-0.2, 0) is 9.31 Å². The van der Waals surface area contributed by atoms with Crippen LogP contribution in [0, 0.1) is 0 Å². The van der Waals surface area contributed by atoms with Crippen LogP contribution in [0.15, 0.2) is 6.07 Å². The minimum atomic E-state index is -0.372. The lowest BCUT2D eigenvalue weighted by Gasteiger charge is -2.32. The van der Waals surface area contributed by atoms with Gasteiger partial charge in [-0.15, -0.1) is 16.4 Å². The van der Waals surface area contributed by atoms with Gasteiger partial charge in [0.15, 0.2) is 0 Å². The SMILES string of the molecule is Bc1cc(-c2c(B)c(B)c(B)c3c(B)c(B)c(B)c(B)c23)c(B)c(B2OC(C)(C)C(C)(C)O2)c1B. The first-order valence-corrected chi connectivity index (χ1v) is 13.0. The Bertz CT molecular complexity index is 1390. The maximum Gasteiger partial charge on any atom is 0.493 e. The molecule has 13 heteroatoms. The highest BCUT2D eigenvalue weighted by Crippen LogP contribution is 2.36. The van der Waals surface area contributed by atoms with E-state index in [0.29, 0.717) is 0 Å². The maximum atomic E-state index is 6.57. The van der Waals surface area contributed by atoms with Crippen LogP contribution in [0.3, 0.4) is 0 Å². The molecule has 0 N–H and O–H groups in total. The molecule has 0 radical (unpaired) electrons. The highest BCUT2D eigenvalue weighted by molar-refractivity contribution is 6.76. The smallest absolute Gasteiger partial charge is 0.399 e. The topological polar surface area (TPSA) is 18.5 Å². The molecule has 35 heavy (non-hydrogen) atoms. The Morgan fingerprint density at radius 3 is 1.46 bits per heavy atom. The average Bonchev–Trinajstić information content (AvgIpc) is 2.98. The molecule has 3 aromatic carbocycles.